The van der Waals surface area contributed by atoms with Crippen molar-refractivity contribution < 1.29 is 28.2 Å². The smallest absolute Gasteiger partial charge is 0.258 e. The van der Waals surface area contributed by atoms with Crippen LogP contribution in [0.2, 0.25) is 0 Å². The zero-order chi connectivity index (χ0) is 20.1. The van der Waals surface area contributed by atoms with Gasteiger partial charge in [0.1, 0.15) is 11.6 Å². The Balaban J connectivity index is 1.56. The number of methoxy groups -OCH3 is 2. The van der Waals surface area contributed by atoms with Gasteiger partial charge in [0.25, 0.3) is 5.91 Å². The Hall–Kier alpha value is -3.29. The maximum absolute atomic E-state index is 12.9. The molecule has 0 aliphatic carbocycles. The van der Waals surface area contributed by atoms with Crippen molar-refractivity contribution in [3.63, 3.8) is 0 Å². The summed E-state index contributed by atoms with van der Waals surface area (Å²) in [4.78, 5) is 26.1. The molecule has 1 aliphatic heterocycles. The number of carbonyl (C=O) groups is 2. The lowest BCUT2D eigenvalue weighted by molar-refractivity contribution is -0.123. The van der Waals surface area contributed by atoms with Crippen molar-refractivity contribution in [2.45, 2.75) is 12.5 Å². The molecule has 8 heteroatoms. The van der Waals surface area contributed by atoms with Crippen molar-refractivity contribution in [2.75, 3.05) is 32.3 Å². The number of hydrogen-bond donors (Lipinski definition) is 1. The predicted molar refractivity (Wildman–Crippen MR) is 100 cm³/mol. The molecule has 0 bridgehead atoms. The number of carbonyl (C=O) groups excluding carboxylic acids is 2. The van der Waals surface area contributed by atoms with Gasteiger partial charge >= 0.3 is 0 Å². The van der Waals surface area contributed by atoms with Gasteiger partial charge in [-0.05, 0) is 36.4 Å². The van der Waals surface area contributed by atoms with Crippen LogP contribution >= 0.6 is 0 Å². The summed E-state index contributed by atoms with van der Waals surface area (Å²) in [5.74, 6) is 0.657. The molecule has 0 radical (unpaired) electrons. The highest BCUT2D eigenvalue weighted by molar-refractivity contribution is 5.97. The third kappa shape index (κ3) is 4.51. The van der Waals surface area contributed by atoms with Crippen molar-refractivity contribution in [3.05, 3.63) is 48.3 Å². The second kappa shape index (κ2) is 8.60. The number of benzene rings is 2. The van der Waals surface area contributed by atoms with E-state index in [1.165, 1.54) is 38.5 Å². The summed E-state index contributed by atoms with van der Waals surface area (Å²) < 4.78 is 28.7. The van der Waals surface area contributed by atoms with E-state index in [-0.39, 0.29) is 36.7 Å². The van der Waals surface area contributed by atoms with E-state index in [1.54, 1.807) is 23.1 Å². The molecular weight excluding hydrogens is 367 g/mol. The van der Waals surface area contributed by atoms with E-state index in [1.807, 2.05) is 0 Å². The molecule has 3 rings (SSSR count). The second-order valence-electron chi connectivity index (χ2n) is 6.25. The van der Waals surface area contributed by atoms with Gasteiger partial charge < -0.3 is 24.4 Å². The maximum atomic E-state index is 12.9. The molecule has 7 nitrogen and oxygen atoms in total. The van der Waals surface area contributed by atoms with Crippen LogP contribution in [0.1, 0.15) is 6.42 Å². The van der Waals surface area contributed by atoms with Crippen LogP contribution in [0.25, 0.3) is 0 Å². The minimum Gasteiger partial charge on any atom is -0.493 e. The second-order valence-corrected chi connectivity index (χ2v) is 6.25. The molecule has 1 unspecified atom stereocenters. The Labute approximate surface area is 162 Å². The molecule has 1 fully saturated rings. The van der Waals surface area contributed by atoms with Crippen LogP contribution in [0.4, 0.5) is 10.1 Å². The molecule has 1 N–H and O–H groups in total. The number of halogens is 1. The first-order valence-corrected chi connectivity index (χ1v) is 8.70. The quantitative estimate of drug-likeness (QED) is 0.787. The van der Waals surface area contributed by atoms with Crippen molar-refractivity contribution in [2.24, 2.45) is 0 Å². The standard InChI is InChI=1S/C20H21FN2O5/c1-26-17-8-5-15(10-18(17)27-2)23-11-14(9-20(23)25)22-19(24)12-28-16-6-3-13(21)4-7-16/h3-8,10,14H,9,11-12H2,1-2H3,(H,22,24). The van der Waals surface area contributed by atoms with Gasteiger partial charge in [-0.3, -0.25) is 9.59 Å². The molecule has 2 amide bonds. The summed E-state index contributed by atoms with van der Waals surface area (Å²) in [6.45, 7) is 0.128. The number of rotatable bonds is 7. The van der Waals surface area contributed by atoms with Crippen molar-refractivity contribution in [1.29, 1.82) is 0 Å². The van der Waals surface area contributed by atoms with Crippen LogP contribution < -0.4 is 24.4 Å². The fourth-order valence-corrected chi connectivity index (χ4v) is 3.00. The number of nitrogens with zero attached hydrogens (tertiary/aromatic N) is 1. The largest absolute Gasteiger partial charge is 0.493 e. The Morgan fingerprint density at radius 3 is 2.54 bits per heavy atom. The van der Waals surface area contributed by atoms with Gasteiger partial charge in [0.05, 0.1) is 20.3 Å². The third-order valence-corrected chi connectivity index (χ3v) is 4.35. The van der Waals surface area contributed by atoms with E-state index in [4.69, 9.17) is 14.2 Å². The monoisotopic (exact) mass is 388 g/mol. The first kappa shape index (κ1) is 19.5. The topological polar surface area (TPSA) is 77.1 Å². The Kier molecular flexibility index (Phi) is 5.98. The highest BCUT2D eigenvalue weighted by Gasteiger charge is 2.32. The van der Waals surface area contributed by atoms with Gasteiger partial charge in [-0.1, -0.05) is 0 Å². The molecule has 1 heterocycles. The van der Waals surface area contributed by atoms with Crippen molar-refractivity contribution in [3.8, 4) is 17.2 Å². The summed E-state index contributed by atoms with van der Waals surface area (Å²) >= 11 is 0. The van der Waals surface area contributed by atoms with Gasteiger partial charge in [0.2, 0.25) is 5.91 Å². The van der Waals surface area contributed by atoms with Gasteiger partial charge in [0, 0.05) is 24.7 Å². The minimum atomic E-state index is -0.378. The normalized spacial score (nSPS) is 16.0. The Bertz CT molecular complexity index is 856. The van der Waals surface area contributed by atoms with E-state index in [0.717, 1.165) is 0 Å². The van der Waals surface area contributed by atoms with Gasteiger partial charge in [-0.25, -0.2) is 4.39 Å². The summed E-state index contributed by atoms with van der Waals surface area (Å²) in [5.41, 5.74) is 0.668. The van der Waals surface area contributed by atoms with Gasteiger partial charge in [0.15, 0.2) is 18.1 Å². The van der Waals surface area contributed by atoms with Gasteiger partial charge in [-0.15, -0.1) is 0 Å². The summed E-state index contributed by atoms with van der Waals surface area (Å²) in [6, 6.07) is 10.3. The van der Waals surface area contributed by atoms with Gasteiger partial charge in [-0.2, -0.15) is 0 Å². The van der Waals surface area contributed by atoms with Crippen LogP contribution in [-0.2, 0) is 9.59 Å². The van der Waals surface area contributed by atoms with Crippen LogP contribution in [0.15, 0.2) is 42.5 Å². The molecule has 148 valence electrons. The summed E-state index contributed by atoms with van der Waals surface area (Å²) in [5, 5.41) is 2.79. The van der Waals surface area contributed by atoms with Crippen LogP contribution in [0, 0.1) is 5.82 Å². The lowest BCUT2D eigenvalue weighted by Crippen LogP contribution is -2.39. The van der Waals surface area contributed by atoms with Crippen LogP contribution in [-0.4, -0.2) is 45.2 Å². The summed E-state index contributed by atoms with van der Waals surface area (Å²) in [6.07, 6.45) is 0.191. The van der Waals surface area contributed by atoms with Crippen LogP contribution in [0.3, 0.4) is 0 Å². The van der Waals surface area contributed by atoms with E-state index in [0.29, 0.717) is 29.5 Å². The zero-order valence-corrected chi connectivity index (χ0v) is 15.6. The minimum absolute atomic E-state index is 0.100. The molecule has 2 aromatic carbocycles. The number of amides is 2. The Morgan fingerprint density at radius 1 is 1.14 bits per heavy atom. The fourth-order valence-electron chi connectivity index (χ4n) is 3.00. The first-order chi connectivity index (χ1) is 13.5. The van der Waals surface area contributed by atoms with Crippen LogP contribution in [0.5, 0.6) is 17.2 Å². The average Bonchev–Trinajstić information content (AvgIpc) is 3.06. The summed E-state index contributed by atoms with van der Waals surface area (Å²) in [7, 11) is 3.07. The lowest BCUT2D eigenvalue weighted by atomic mass is 10.2. The number of nitrogens with one attached hydrogen (secondary N) is 1. The Morgan fingerprint density at radius 2 is 1.86 bits per heavy atom. The number of anilines is 1. The van der Waals surface area contributed by atoms with Crippen molar-refractivity contribution >= 4 is 17.5 Å². The van der Waals surface area contributed by atoms with E-state index >= 15 is 0 Å². The van der Waals surface area contributed by atoms with Crippen molar-refractivity contribution in [1.82, 2.24) is 5.32 Å². The molecule has 1 saturated heterocycles. The zero-order valence-electron chi connectivity index (χ0n) is 15.6. The first-order valence-electron chi connectivity index (χ1n) is 8.70. The SMILES string of the molecule is COc1ccc(N2CC(NC(=O)COc3ccc(F)cc3)CC2=O)cc1OC. The molecular formula is C20H21FN2O5. The van der Waals surface area contributed by atoms with E-state index in [9.17, 15) is 14.0 Å². The highest BCUT2D eigenvalue weighted by atomic mass is 19.1. The predicted octanol–water partition coefficient (Wildman–Crippen LogP) is 2.14. The molecule has 28 heavy (non-hydrogen) atoms. The maximum Gasteiger partial charge on any atom is 0.258 e. The average molecular weight is 388 g/mol. The third-order valence-electron chi connectivity index (χ3n) is 4.35. The molecule has 0 saturated carbocycles. The molecule has 0 spiro atoms. The van der Waals surface area contributed by atoms with E-state index in [2.05, 4.69) is 5.32 Å². The molecule has 1 aliphatic rings. The fraction of sp³-hybridized carbons (Fsp3) is 0.300. The molecule has 0 aromatic heterocycles. The van der Waals surface area contributed by atoms with E-state index < -0.39 is 0 Å². The number of ether oxygens (including phenoxy) is 3. The molecule has 2 aromatic rings. The number of hydrogen-bond acceptors (Lipinski definition) is 5. The molecule has 1 atom stereocenters. The lowest BCUT2D eigenvalue weighted by Gasteiger charge is -2.19. The highest BCUT2D eigenvalue weighted by Crippen LogP contribution is 2.33.